The Kier molecular flexibility index (Phi) is 9.15. The van der Waals surface area contributed by atoms with Crippen molar-refractivity contribution in [2.45, 2.75) is 9.79 Å². The van der Waals surface area contributed by atoms with E-state index in [0.29, 0.717) is 17.3 Å². The van der Waals surface area contributed by atoms with Crippen LogP contribution in [-0.4, -0.2) is 42.8 Å². The van der Waals surface area contributed by atoms with Gasteiger partial charge in [0.25, 0.3) is 25.8 Å². The number of aromatic amines is 1. The summed E-state index contributed by atoms with van der Waals surface area (Å²) in [6.45, 7) is 0. The SMILES string of the molecule is CNc1cccc(-c2cc(=O)n(-c3ccc(S(=O)(=O)O)cc3S(=O)(=O)O)[nH]2)c1.[Na+].[Na+]. The quantitative estimate of drug-likeness (QED) is 0.214. The first-order valence-corrected chi connectivity index (χ1v) is 10.6. The van der Waals surface area contributed by atoms with E-state index in [4.69, 9.17) is 4.55 Å². The number of aromatic nitrogens is 2. The zero-order valence-electron chi connectivity index (χ0n) is 16.3. The van der Waals surface area contributed by atoms with Crippen molar-refractivity contribution in [1.82, 2.24) is 9.78 Å². The number of rotatable bonds is 5. The molecule has 0 radical (unpaired) electrons. The summed E-state index contributed by atoms with van der Waals surface area (Å²) in [4.78, 5) is 10.8. The summed E-state index contributed by atoms with van der Waals surface area (Å²) in [5, 5.41) is 5.67. The largest absolute Gasteiger partial charge is 1.00 e. The van der Waals surface area contributed by atoms with Crippen molar-refractivity contribution in [1.29, 1.82) is 0 Å². The fourth-order valence-corrected chi connectivity index (χ4v) is 3.89. The van der Waals surface area contributed by atoms with E-state index in [2.05, 4.69) is 10.4 Å². The van der Waals surface area contributed by atoms with Crippen LogP contribution in [0.1, 0.15) is 0 Å². The molecular formula is C16H15N3Na2O7S2+2. The number of nitrogens with zero attached hydrogens (tertiary/aromatic N) is 1. The monoisotopic (exact) mass is 471 g/mol. The second kappa shape index (κ2) is 10.1. The first-order valence-electron chi connectivity index (χ1n) is 7.70. The van der Waals surface area contributed by atoms with Crippen LogP contribution in [0.4, 0.5) is 5.69 Å². The molecule has 3 aromatic rings. The average Bonchev–Trinajstić information content (AvgIpc) is 3.01. The summed E-state index contributed by atoms with van der Waals surface area (Å²) in [6.07, 6.45) is 0. The van der Waals surface area contributed by atoms with Gasteiger partial charge in [0.15, 0.2) is 0 Å². The van der Waals surface area contributed by atoms with Gasteiger partial charge in [-0.05, 0) is 30.3 Å². The van der Waals surface area contributed by atoms with Gasteiger partial charge in [0.2, 0.25) is 0 Å². The Morgan fingerprint density at radius 2 is 1.60 bits per heavy atom. The number of hydrogen-bond acceptors (Lipinski definition) is 6. The molecule has 3 rings (SSSR count). The van der Waals surface area contributed by atoms with Gasteiger partial charge in [-0.3, -0.25) is 19.0 Å². The Hall–Kier alpha value is -0.930. The average molecular weight is 471 g/mol. The smallest absolute Gasteiger partial charge is 0.388 e. The third kappa shape index (κ3) is 5.85. The molecule has 10 nitrogen and oxygen atoms in total. The van der Waals surface area contributed by atoms with Gasteiger partial charge in [0.05, 0.1) is 16.3 Å². The molecule has 0 bridgehead atoms. The Bertz CT molecular complexity index is 1330. The van der Waals surface area contributed by atoms with E-state index in [-0.39, 0.29) is 64.8 Å². The van der Waals surface area contributed by atoms with Gasteiger partial charge in [-0.15, -0.1) is 0 Å². The Balaban J connectivity index is 0.00000225. The van der Waals surface area contributed by atoms with E-state index >= 15 is 0 Å². The van der Waals surface area contributed by atoms with Gasteiger partial charge in [-0.25, -0.2) is 4.68 Å². The summed E-state index contributed by atoms with van der Waals surface area (Å²) < 4.78 is 65.4. The first kappa shape index (κ1) is 27.1. The number of nitrogens with one attached hydrogen (secondary N) is 2. The standard InChI is InChI=1S/C16H15N3O7S2.2Na/c1-17-11-4-2-3-10(7-11)13-9-16(20)19(18-13)14-6-5-12(27(21,22)23)8-15(14)28(24,25)26;;/h2-9,17-18H,1H3,(H,21,22,23)(H,24,25,26);;/q;2*+1. The molecule has 0 unspecified atom stereocenters. The maximum atomic E-state index is 12.4. The van der Waals surface area contributed by atoms with E-state index in [1.165, 1.54) is 6.07 Å². The second-order valence-corrected chi connectivity index (χ2v) is 8.57. The molecule has 148 valence electrons. The van der Waals surface area contributed by atoms with Crippen LogP contribution in [0.2, 0.25) is 0 Å². The van der Waals surface area contributed by atoms with Crippen molar-refractivity contribution in [3.8, 4) is 16.9 Å². The van der Waals surface area contributed by atoms with Crippen molar-refractivity contribution >= 4 is 25.9 Å². The molecule has 0 saturated carbocycles. The minimum Gasteiger partial charge on any atom is -0.388 e. The predicted molar refractivity (Wildman–Crippen MR) is 101 cm³/mol. The molecule has 0 aliphatic carbocycles. The maximum Gasteiger partial charge on any atom is 1.00 e. The second-order valence-electron chi connectivity index (χ2n) is 5.75. The van der Waals surface area contributed by atoms with E-state index in [1.54, 1.807) is 25.2 Å². The minimum atomic E-state index is -4.91. The molecule has 1 heterocycles. The molecule has 14 heteroatoms. The van der Waals surface area contributed by atoms with Crippen molar-refractivity contribution in [2.75, 3.05) is 12.4 Å². The molecule has 30 heavy (non-hydrogen) atoms. The van der Waals surface area contributed by atoms with Gasteiger partial charge >= 0.3 is 59.1 Å². The number of hydrogen-bond donors (Lipinski definition) is 4. The van der Waals surface area contributed by atoms with Gasteiger partial charge in [-0.2, -0.15) is 16.8 Å². The Morgan fingerprint density at radius 1 is 0.933 bits per heavy atom. The van der Waals surface area contributed by atoms with Crippen molar-refractivity contribution in [2.24, 2.45) is 0 Å². The molecule has 0 saturated heterocycles. The van der Waals surface area contributed by atoms with Crippen LogP contribution in [0.5, 0.6) is 0 Å². The molecule has 0 fully saturated rings. The molecule has 0 aliphatic heterocycles. The number of H-pyrrole nitrogens is 1. The first-order chi connectivity index (χ1) is 13.0. The summed E-state index contributed by atoms with van der Waals surface area (Å²) >= 11 is 0. The van der Waals surface area contributed by atoms with E-state index in [9.17, 15) is 26.2 Å². The van der Waals surface area contributed by atoms with Gasteiger partial charge in [0.1, 0.15) is 4.90 Å². The van der Waals surface area contributed by atoms with Crippen LogP contribution in [0.15, 0.2) is 63.1 Å². The van der Waals surface area contributed by atoms with Crippen LogP contribution in [0.25, 0.3) is 16.9 Å². The summed E-state index contributed by atoms with van der Waals surface area (Å²) in [5.74, 6) is 0. The molecule has 0 atom stereocenters. The summed E-state index contributed by atoms with van der Waals surface area (Å²) in [5.41, 5.74) is 0.820. The number of benzene rings is 2. The van der Waals surface area contributed by atoms with E-state index < -0.39 is 35.6 Å². The van der Waals surface area contributed by atoms with E-state index in [1.807, 2.05) is 6.07 Å². The zero-order chi connectivity index (χ0) is 20.7. The fraction of sp³-hybridized carbons (Fsp3) is 0.0625. The third-order valence-electron chi connectivity index (χ3n) is 3.93. The zero-order valence-corrected chi connectivity index (χ0v) is 22.0. The van der Waals surface area contributed by atoms with Gasteiger partial charge in [-0.1, -0.05) is 12.1 Å². The van der Waals surface area contributed by atoms with Crippen LogP contribution in [0.3, 0.4) is 0 Å². The molecule has 0 spiro atoms. The van der Waals surface area contributed by atoms with Crippen LogP contribution in [0, 0.1) is 0 Å². The molecular weight excluding hydrogens is 456 g/mol. The minimum absolute atomic E-state index is 0. The Labute approximate surface area is 216 Å². The molecule has 4 N–H and O–H groups in total. The fourth-order valence-electron chi connectivity index (χ4n) is 2.61. The summed E-state index contributed by atoms with van der Waals surface area (Å²) in [7, 11) is -7.91. The van der Waals surface area contributed by atoms with Crippen molar-refractivity contribution < 1.29 is 85.1 Å². The van der Waals surface area contributed by atoms with Gasteiger partial charge in [0, 0.05) is 24.4 Å². The van der Waals surface area contributed by atoms with E-state index in [0.717, 1.165) is 22.5 Å². The van der Waals surface area contributed by atoms with Crippen LogP contribution < -0.4 is 70.0 Å². The van der Waals surface area contributed by atoms with Crippen molar-refractivity contribution in [3.05, 3.63) is 58.9 Å². The van der Waals surface area contributed by atoms with Gasteiger partial charge < -0.3 is 5.32 Å². The maximum absolute atomic E-state index is 12.4. The molecule has 2 aromatic carbocycles. The molecule has 1 aromatic heterocycles. The van der Waals surface area contributed by atoms with Crippen LogP contribution in [-0.2, 0) is 20.2 Å². The molecule has 0 aliphatic rings. The van der Waals surface area contributed by atoms with Crippen molar-refractivity contribution in [3.63, 3.8) is 0 Å². The third-order valence-corrected chi connectivity index (χ3v) is 5.66. The molecule has 0 amide bonds. The Morgan fingerprint density at radius 3 is 2.17 bits per heavy atom. The predicted octanol–water partition coefficient (Wildman–Crippen LogP) is -4.62. The van der Waals surface area contributed by atoms with Crippen LogP contribution >= 0.6 is 0 Å². The topological polar surface area (TPSA) is 159 Å². The summed E-state index contributed by atoms with van der Waals surface area (Å²) in [6, 6.07) is 10.7. The number of anilines is 1. The normalized spacial score (nSPS) is 11.3.